The van der Waals surface area contributed by atoms with Gasteiger partial charge in [0.1, 0.15) is 10.1 Å². The molecular formula is C17H24N4OS2. The minimum absolute atomic E-state index is 0.847. The number of rotatable bonds is 9. The molecule has 0 saturated carbocycles. The van der Waals surface area contributed by atoms with Gasteiger partial charge in [-0.2, -0.15) is 0 Å². The number of hydrogen-bond acceptors (Lipinski definition) is 5. The lowest BCUT2D eigenvalue weighted by Gasteiger charge is -2.11. The number of methoxy groups -OCH3 is 1. The van der Waals surface area contributed by atoms with Crippen LogP contribution in [0.1, 0.15) is 12.0 Å². The van der Waals surface area contributed by atoms with Crippen LogP contribution < -0.4 is 15.4 Å². The van der Waals surface area contributed by atoms with Crippen molar-refractivity contribution in [3.05, 3.63) is 41.4 Å². The van der Waals surface area contributed by atoms with E-state index < -0.39 is 0 Å². The average molecular weight is 365 g/mol. The molecule has 0 radical (unpaired) electrons. The molecule has 0 amide bonds. The van der Waals surface area contributed by atoms with Crippen molar-refractivity contribution >= 4 is 29.1 Å². The Kier molecular flexibility index (Phi) is 8.48. The van der Waals surface area contributed by atoms with Crippen molar-refractivity contribution in [2.45, 2.75) is 17.2 Å². The van der Waals surface area contributed by atoms with Crippen molar-refractivity contribution in [2.75, 3.05) is 33.0 Å². The molecule has 0 aliphatic carbocycles. The van der Waals surface area contributed by atoms with Crippen LogP contribution in [0.15, 0.2) is 45.2 Å². The van der Waals surface area contributed by atoms with Gasteiger partial charge in [0, 0.05) is 37.5 Å². The molecule has 5 nitrogen and oxygen atoms in total. The molecule has 2 N–H and O–H groups in total. The van der Waals surface area contributed by atoms with Crippen molar-refractivity contribution in [3.63, 3.8) is 0 Å². The van der Waals surface area contributed by atoms with E-state index >= 15 is 0 Å². The molecule has 1 aromatic heterocycles. The highest BCUT2D eigenvalue weighted by Gasteiger charge is 2.00. The smallest absolute Gasteiger partial charge is 0.190 e. The summed E-state index contributed by atoms with van der Waals surface area (Å²) < 4.78 is 6.30. The van der Waals surface area contributed by atoms with E-state index in [2.05, 4.69) is 32.7 Å². The molecule has 2 rings (SSSR count). The topological polar surface area (TPSA) is 58.5 Å². The van der Waals surface area contributed by atoms with E-state index in [1.807, 2.05) is 23.7 Å². The summed E-state index contributed by atoms with van der Waals surface area (Å²) in [6, 6.07) is 8.16. The van der Waals surface area contributed by atoms with E-state index in [-0.39, 0.29) is 0 Å². The molecule has 1 heterocycles. The van der Waals surface area contributed by atoms with Crippen molar-refractivity contribution < 1.29 is 4.74 Å². The maximum atomic E-state index is 5.17. The Hall–Kier alpha value is -1.73. The largest absolute Gasteiger partial charge is 0.497 e. The Morgan fingerprint density at radius 2 is 2.04 bits per heavy atom. The lowest BCUT2D eigenvalue weighted by Crippen LogP contribution is -2.38. The van der Waals surface area contributed by atoms with Gasteiger partial charge in [0.15, 0.2) is 5.96 Å². The third-order valence-corrected chi connectivity index (χ3v) is 5.39. The predicted octanol–water partition coefficient (Wildman–Crippen LogP) is 3.04. The summed E-state index contributed by atoms with van der Waals surface area (Å²) in [6.45, 7) is 1.75. The molecule has 0 saturated heterocycles. The second-order valence-corrected chi connectivity index (χ2v) is 7.26. The Labute approximate surface area is 151 Å². The van der Waals surface area contributed by atoms with Crippen LogP contribution in [-0.4, -0.2) is 43.9 Å². The molecule has 1 aromatic carbocycles. The first-order valence-electron chi connectivity index (χ1n) is 7.91. The molecule has 0 fully saturated rings. The number of hydrogen-bond donors (Lipinski definition) is 2. The van der Waals surface area contributed by atoms with Crippen LogP contribution in [0.4, 0.5) is 0 Å². The molecule has 0 bridgehead atoms. The average Bonchev–Trinajstić information content (AvgIpc) is 3.14. The van der Waals surface area contributed by atoms with Gasteiger partial charge in [0.05, 0.1) is 7.11 Å². The van der Waals surface area contributed by atoms with Gasteiger partial charge >= 0.3 is 0 Å². The summed E-state index contributed by atoms with van der Waals surface area (Å²) in [5, 5.41) is 8.69. The lowest BCUT2D eigenvalue weighted by molar-refractivity contribution is 0.414. The second kappa shape index (κ2) is 10.9. The first kappa shape index (κ1) is 18.6. The standard InChI is InChI=1S/C17H24N4OS2/c1-18-16(19-9-3-12-23-17-21-11-13-24-17)20-10-8-14-4-6-15(22-2)7-5-14/h4-7,11,13H,3,8-10,12H2,1-2H3,(H2,18,19,20). The number of thiazole rings is 1. The highest BCUT2D eigenvalue weighted by atomic mass is 32.2. The quantitative estimate of drug-likeness (QED) is 0.310. The second-order valence-electron chi connectivity index (χ2n) is 5.02. The lowest BCUT2D eigenvalue weighted by atomic mass is 10.1. The van der Waals surface area contributed by atoms with E-state index in [1.165, 1.54) is 5.56 Å². The first-order valence-corrected chi connectivity index (χ1v) is 9.78. The predicted molar refractivity (Wildman–Crippen MR) is 104 cm³/mol. The number of nitrogens with one attached hydrogen (secondary N) is 2. The Morgan fingerprint density at radius 3 is 2.71 bits per heavy atom. The third-order valence-electron chi connectivity index (χ3n) is 3.34. The van der Waals surface area contributed by atoms with E-state index in [0.717, 1.165) is 47.7 Å². The highest BCUT2D eigenvalue weighted by molar-refractivity contribution is 8.00. The number of aliphatic imine (C=N–C) groups is 1. The van der Waals surface area contributed by atoms with Crippen molar-refractivity contribution in [1.29, 1.82) is 0 Å². The SMILES string of the molecule is CN=C(NCCCSc1nccs1)NCCc1ccc(OC)cc1. The number of thioether (sulfide) groups is 1. The molecule has 0 atom stereocenters. The van der Waals surface area contributed by atoms with Gasteiger partial charge in [-0.3, -0.25) is 4.99 Å². The van der Waals surface area contributed by atoms with E-state index in [9.17, 15) is 0 Å². The maximum Gasteiger partial charge on any atom is 0.190 e. The first-order chi connectivity index (χ1) is 11.8. The van der Waals surface area contributed by atoms with Crippen LogP contribution in [0.2, 0.25) is 0 Å². The Balaban J connectivity index is 1.58. The van der Waals surface area contributed by atoms with Crippen LogP contribution in [0, 0.1) is 0 Å². The molecule has 0 spiro atoms. The van der Waals surface area contributed by atoms with Crippen molar-refractivity contribution in [1.82, 2.24) is 15.6 Å². The zero-order chi connectivity index (χ0) is 17.0. The third kappa shape index (κ3) is 6.80. The molecule has 2 aromatic rings. The molecule has 0 aliphatic heterocycles. The minimum atomic E-state index is 0.847. The van der Waals surface area contributed by atoms with Crippen LogP contribution in [0.3, 0.4) is 0 Å². The van der Waals surface area contributed by atoms with Crippen LogP contribution in [0.25, 0.3) is 0 Å². The van der Waals surface area contributed by atoms with Gasteiger partial charge in [-0.1, -0.05) is 23.9 Å². The fourth-order valence-corrected chi connectivity index (χ4v) is 3.71. The Bertz CT molecular complexity index is 600. The number of ether oxygens (including phenoxy) is 1. The zero-order valence-electron chi connectivity index (χ0n) is 14.1. The van der Waals surface area contributed by atoms with Crippen LogP contribution in [0.5, 0.6) is 5.75 Å². The van der Waals surface area contributed by atoms with Crippen LogP contribution >= 0.6 is 23.1 Å². The number of nitrogens with zero attached hydrogens (tertiary/aromatic N) is 2. The van der Waals surface area contributed by atoms with Gasteiger partial charge in [0.25, 0.3) is 0 Å². The van der Waals surface area contributed by atoms with Gasteiger partial charge in [-0.05, 0) is 30.5 Å². The van der Waals surface area contributed by atoms with E-state index in [1.54, 1.807) is 37.3 Å². The fourth-order valence-electron chi connectivity index (χ4n) is 2.06. The van der Waals surface area contributed by atoms with Crippen molar-refractivity contribution in [3.8, 4) is 5.75 Å². The maximum absolute atomic E-state index is 5.17. The van der Waals surface area contributed by atoms with Crippen molar-refractivity contribution in [2.24, 2.45) is 4.99 Å². The number of guanidine groups is 1. The summed E-state index contributed by atoms with van der Waals surface area (Å²) in [4.78, 5) is 8.51. The van der Waals surface area contributed by atoms with E-state index in [0.29, 0.717) is 0 Å². The summed E-state index contributed by atoms with van der Waals surface area (Å²) >= 11 is 3.49. The zero-order valence-corrected chi connectivity index (χ0v) is 15.8. The molecule has 0 unspecified atom stereocenters. The van der Waals surface area contributed by atoms with Gasteiger partial charge < -0.3 is 15.4 Å². The highest BCUT2D eigenvalue weighted by Crippen LogP contribution is 2.20. The minimum Gasteiger partial charge on any atom is -0.497 e. The normalized spacial score (nSPS) is 11.3. The molecule has 24 heavy (non-hydrogen) atoms. The van der Waals surface area contributed by atoms with Gasteiger partial charge in [-0.25, -0.2) is 4.98 Å². The summed E-state index contributed by atoms with van der Waals surface area (Å²) in [5.41, 5.74) is 1.28. The number of benzene rings is 1. The Morgan fingerprint density at radius 1 is 1.25 bits per heavy atom. The van der Waals surface area contributed by atoms with E-state index in [4.69, 9.17) is 4.74 Å². The summed E-state index contributed by atoms with van der Waals surface area (Å²) in [6.07, 6.45) is 3.87. The fraction of sp³-hybridized carbons (Fsp3) is 0.412. The molecular weight excluding hydrogens is 340 g/mol. The van der Waals surface area contributed by atoms with Gasteiger partial charge in [0.2, 0.25) is 0 Å². The monoisotopic (exact) mass is 364 g/mol. The summed E-state index contributed by atoms with van der Waals surface area (Å²) in [7, 11) is 3.48. The number of aromatic nitrogens is 1. The van der Waals surface area contributed by atoms with Crippen LogP contribution in [-0.2, 0) is 6.42 Å². The molecule has 7 heteroatoms. The van der Waals surface area contributed by atoms with Gasteiger partial charge in [-0.15, -0.1) is 11.3 Å². The molecule has 0 aliphatic rings. The summed E-state index contributed by atoms with van der Waals surface area (Å²) in [5.74, 6) is 2.80. The molecule has 130 valence electrons.